The molecule has 0 fully saturated rings. The number of benzene rings is 1. The van der Waals surface area contributed by atoms with Crippen LogP contribution >= 0.6 is 24.8 Å². The van der Waals surface area contributed by atoms with Crippen molar-refractivity contribution in [2.24, 2.45) is 11.7 Å². The first-order chi connectivity index (χ1) is 11.1. The van der Waals surface area contributed by atoms with Crippen LogP contribution < -0.4 is 11.1 Å². The standard InChI is InChI=1S/C18H26N4O.2ClH/c1-14(2)12-16(19)18(23)21-13-17-20-9-11-22(17)10-8-15-6-4-3-5-7-15;;/h3-7,9,11,14,16H,8,10,12-13,19H2,1-2H3,(H,21,23);2*1H/t16-;;/m0../s1. The lowest BCUT2D eigenvalue weighted by molar-refractivity contribution is -0.122. The number of rotatable bonds is 8. The Balaban J connectivity index is 0.00000288. The van der Waals surface area contributed by atoms with E-state index >= 15 is 0 Å². The van der Waals surface area contributed by atoms with Gasteiger partial charge in [-0.1, -0.05) is 44.2 Å². The molecule has 5 nitrogen and oxygen atoms in total. The van der Waals surface area contributed by atoms with Gasteiger partial charge in [-0.3, -0.25) is 4.79 Å². The van der Waals surface area contributed by atoms with E-state index in [0.29, 0.717) is 18.9 Å². The fourth-order valence-electron chi connectivity index (χ4n) is 2.52. The molecular weight excluding hydrogens is 359 g/mol. The fraction of sp³-hybridized carbons (Fsp3) is 0.444. The summed E-state index contributed by atoms with van der Waals surface area (Å²) in [6.07, 6.45) is 5.33. The zero-order valence-electron chi connectivity index (χ0n) is 14.7. The summed E-state index contributed by atoms with van der Waals surface area (Å²) < 4.78 is 2.07. The molecule has 0 aliphatic carbocycles. The number of nitrogens with one attached hydrogen (secondary N) is 1. The first kappa shape index (κ1) is 23.4. The first-order valence-corrected chi connectivity index (χ1v) is 8.13. The third kappa shape index (κ3) is 7.90. The molecule has 0 bridgehead atoms. The van der Waals surface area contributed by atoms with Crippen molar-refractivity contribution in [1.82, 2.24) is 14.9 Å². The second-order valence-corrected chi connectivity index (χ2v) is 6.23. The van der Waals surface area contributed by atoms with Crippen LogP contribution in [-0.2, 0) is 24.3 Å². The number of aromatic nitrogens is 2. The Morgan fingerprint density at radius 2 is 1.92 bits per heavy atom. The van der Waals surface area contributed by atoms with Crippen LogP contribution in [0.5, 0.6) is 0 Å². The molecule has 1 aromatic heterocycles. The topological polar surface area (TPSA) is 72.9 Å². The summed E-state index contributed by atoms with van der Waals surface area (Å²) in [6.45, 7) is 5.37. The Labute approximate surface area is 162 Å². The SMILES string of the molecule is CC(C)C[C@H](N)C(=O)NCc1nccn1CCc1ccccc1.Cl.Cl. The van der Waals surface area contributed by atoms with Crippen molar-refractivity contribution in [2.45, 2.75) is 45.8 Å². The predicted octanol–water partition coefficient (Wildman–Crippen LogP) is 2.96. The normalized spacial score (nSPS) is 11.4. The molecule has 0 saturated heterocycles. The van der Waals surface area contributed by atoms with Gasteiger partial charge in [-0.25, -0.2) is 4.98 Å². The highest BCUT2D eigenvalue weighted by molar-refractivity contribution is 5.85. The second-order valence-electron chi connectivity index (χ2n) is 6.23. The molecule has 1 amide bonds. The number of hydrogen-bond acceptors (Lipinski definition) is 3. The number of nitrogens with two attached hydrogens (primary N) is 1. The Hall–Kier alpha value is -1.56. The maximum Gasteiger partial charge on any atom is 0.237 e. The summed E-state index contributed by atoms with van der Waals surface area (Å²) >= 11 is 0. The van der Waals surface area contributed by atoms with E-state index in [1.807, 2.05) is 24.4 Å². The van der Waals surface area contributed by atoms with E-state index in [1.165, 1.54) is 5.56 Å². The molecule has 1 heterocycles. The Morgan fingerprint density at radius 3 is 2.56 bits per heavy atom. The third-order valence-corrected chi connectivity index (χ3v) is 3.77. The summed E-state index contributed by atoms with van der Waals surface area (Å²) in [5.74, 6) is 1.14. The third-order valence-electron chi connectivity index (χ3n) is 3.77. The van der Waals surface area contributed by atoms with Crippen molar-refractivity contribution in [2.75, 3.05) is 0 Å². The minimum atomic E-state index is -0.456. The smallest absolute Gasteiger partial charge is 0.237 e. The minimum absolute atomic E-state index is 0. The van der Waals surface area contributed by atoms with Gasteiger partial charge in [0.2, 0.25) is 5.91 Å². The largest absolute Gasteiger partial charge is 0.348 e. The molecule has 0 saturated carbocycles. The molecule has 25 heavy (non-hydrogen) atoms. The zero-order chi connectivity index (χ0) is 16.7. The van der Waals surface area contributed by atoms with Crippen molar-refractivity contribution < 1.29 is 4.79 Å². The lowest BCUT2D eigenvalue weighted by atomic mass is 10.0. The Kier molecular flexibility index (Phi) is 11.2. The van der Waals surface area contributed by atoms with Gasteiger partial charge in [-0.15, -0.1) is 24.8 Å². The van der Waals surface area contributed by atoms with E-state index in [4.69, 9.17) is 5.73 Å². The van der Waals surface area contributed by atoms with Crippen LogP contribution in [0.25, 0.3) is 0 Å². The van der Waals surface area contributed by atoms with Gasteiger partial charge >= 0.3 is 0 Å². The van der Waals surface area contributed by atoms with Crippen LogP contribution in [0, 0.1) is 5.92 Å². The maximum absolute atomic E-state index is 12.0. The molecule has 1 aromatic carbocycles. The van der Waals surface area contributed by atoms with Gasteiger partial charge in [0.15, 0.2) is 0 Å². The van der Waals surface area contributed by atoms with Gasteiger partial charge in [0, 0.05) is 18.9 Å². The highest BCUT2D eigenvalue weighted by Crippen LogP contribution is 2.05. The van der Waals surface area contributed by atoms with Crippen LogP contribution in [0.3, 0.4) is 0 Å². The average Bonchev–Trinajstić information content (AvgIpc) is 2.98. The highest BCUT2D eigenvalue weighted by Gasteiger charge is 2.15. The number of amides is 1. The molecule has 7 heteroatoms. The summed E-state index contributed by atoms with van der Waals surface area (Å²) in [5, 5.41) is 2.88. The lowest BCUT2D eigenvalue weighted by Crippen LogP contribution is -2.41. The molecule has 0 aliphatic heterocycles. The van der Waals surface area contributed by atoms with Gasteiger partial charge in [0.05, 0.1) is 12.6 Å². The number of carbonyl (C=O) groups excluding carboxylic acids is 1. The van der Waals surface area contributed by atoms with Crippen molar-refractivity contribution in [3.8, 4) is 0 Å². The van der Waals surface area contributed by atoms with E-state index in [-0.39, 0.29) is 30.7 Å². The average molecular weight is 387 g/mol. The summed E-state index contributed by atoms with van der Waals surface area (Å²) in [4.78, 5) is 16.3. The van der Waals surface area contributed by atoms with Crippen LogP contribution in [0.15, 0.2) is 42.7 Å². The van der Waals surface area contributed by atoms with E-state index in [1.54, 1.807) is 6.20 Å². The van der Waals surface area contributed by atoms with Crippen LogP contribution in [-0.4, -0.2) is 21.5 Å². The molecule has 0 unspecified atom stereocenters. The summed E-state index contributed by atoms with van der Waals surface area (Å²) in [6, 6.07) is 9.87. The van der Waals surface area contributed by atoms with Gasteiger partial charge in [0.25, 0.3) is 0 Å². The van der Waals surface area contributed by atoms with Crippen molar-refractivity contribution in [3.63, 3.8) is 0 Å². The van der Waals surface area contributed by atoms with E-state index in [0.717, 1.165) is 18.8 Å². The van der Waals surface area contributed by atoms with Gasteiger partial charge in [-0.05, 0) is 24.3 Å². The second kappa shape index (κ2) is 11.9. The molecule has 140 valence electrons. The minimum Gasteiger partial charge on any atom is -0.348 e. The Bertz CT molecular complexity index is 617. The maximum atomic E-state index is 12.0. The quantitative estimate of drug-likeness (QED) is 0.732. The fourth-order valence-corrected chi connectivity index (χ4v) is 2.52. The number of imidazole rings is 1. The summed E-state index contributed by atoms with van der Waals surface area (Å²) in [7, 11) is 0. The molecule has 0 aliphatic rings. The molecule has 3 N–H and O–H groups in total. The van der Waals surface area contributed by atoms with Crippen molar-refractivity contribution >= 4 is 30.7 Å². The zero-order valence-corrected chi connectivity index (χ0v) is 16.4. The molecular formula is C18H28Cl2N4O. The Morgan fingerprint density at radius 1 is 1.24 bits per heavy atom. The van der Waals surface area contributed by atoms with E-state index in [9.17, 15) is 4.79 Å². The molecule has 0 spiro atoms. The van der Waals surface area contributed by atoms with Gasteiger partial charge < -0.3 is 15.6 Å². The summed E-state index contributed by atoms with van der Waals surface area (Å²) in [5.41, 5.74) is 7.18. The van der Waals surface area contributed by atoms with Crippen molar-refractivity contribution in [1.29, 1.82) is 0 Å². The molecule has 1 atom stereocenters. The van der Waals surface area contributed by atoms with Crippen LogP contribution in [0.4, 0.5) is 0 Å². The first-order valence-electron chi connectivity index (χ1n) is 8.13. The number of halogens is 2. The van der Waals surface area contributed by atoms with Crippen molar-refractivity contribution in [3.05, 3.63) is 54.1 Å². The number of nitrogens with zero attached hydrogens (tertiary/aromatic N) is 2. The monoisotopic (exact) mass is 386 g/mol. The predicted molar refractivity (Wildman–Crippen MR) is 106 cm³/mol. The van der Waals surface area contributed by atoms with Gasteiger partial charge in [0.1, 0.15) is 5.82 Å². The number of carbonyl (C=O) groups is 1. The van der Waals surface area contributed by atoms with E-state index in [2.05, 4.69) is 40.8 Å². The lowest BCUT2D eigenvalue weighted by Gasteiger charge is -2.14. The van der Waals surface area contributed by atoms with Crippen LogP contribution in [0.2, 0.25) is 0 Å². The van der Waals surface area contributed by atoms with E-state index < -0.39 is 6.04 Å². The highest BCUT2D eigenvalue weighted by atomic mass is 35.5. The number of hydrogen-bond donors (Lipinski definition) is 2. The molecule has 0 radical (unpaired) electrons. The number of aryl methyl sites for hydroxylation is 2. The molecule has 2 rings (SSSR count). The van der Waals surface area contributed by atoms with Gasteiger partial charge in [-0.2, -0.15) is 0 Å². The molecule has 2 aromatic rings. The van der Waals surface area contributed by atoms with Crippen LogP contribution in [0.1, 0.15) is 31.7 Å².